The summed E-state index contributed by atoms with van der Waals surface area (Å²) in [5.74, 6) is 0. The van der Waals surface area contributed by atoms with Gasteiger partial charge in [0.15, 0.2) is 0 Å². The molecule has 0 heterocycles. The quantitative estimate of drug-likeness (QED) is 0.285. The van der Waals surface area contributed by atoms with Crippen LogP contribution in [-0.2, 0) is 0 Å². The van der Waals surface area contributed by atoms with Crippen LogP contribution in [0.25, 0.3) is 0 Å². The third kappa shape index (κ3) is 4.92. The maximum absolute atomic E-state index is 5.14. The van der Waals surface area contributed by atoms with Gasteiger partial charge in [0.25, 0.3) is 0 Å². The lowest BCUT2D eigenvalue weighted by Crippen LogP contribution is -2.38. The van der Waals surface area contributed by atoms with Crippen molar-refractivity contribution in [2.45, 2.75) is 26.1 Å². The lowest BCUT2D eigenvalue weighted by molar-refractivity contribution is 0.884. The molecule has 0 aliphatic heterocycles. The third-order valence-electron chi connectivity index (χ3n) is 5.13. The van der Waals surface area contributed by atoms with Crippen molar-refractivity contribution in [3.8, 4) is 0 Å². The van der Waals surface area contributed by atoms with Gasteiger partial charge in [0.2, 0.25) is 0 Å². The first-order valence-corrected chi connectivity index (χ1v) is 12.4. The molecule has 0 fully saturated rings. The summed E-state index contributed by atoms with van der Waals surface area (Å²) in [6, 6.07) is 43.8. The van der Waals surface area contributed by atoms with Crippen LogP contribution in [-0.4, -0.2) is 7.85 Å². The van der Waals surface area contributed by atoms with E-state index in [4.69, 9.17) is 7.85 Å². The molecule has 2 heteroatoms. The van der Waals surface area contributed by atoms with Crippen LogP contribution in [0.5, 0.6) is 0 Å². The zero-order chi connectivity index (χ0) is 21.1. The third-order valence-corrected chi connectivity index (χ3v) is 9.42. The number of rotatable bonds is 6. The predicted octanol–water partition coefficient (Wildman–Crippen LogP) is 5.68. The zero-order valence-corrected chi connectivity index (χ0v) is 18.6. The molecule has 0 unspecified atom stereocenters. The van der Waals surface area contributed by atoms with Crippen molar-refractivity contribution >= 4 is 36.3 Å². The normalized spacial score (nSPS) is 10.7. The minimum absolute atomic E-state index is 0.844. The molecule has 30 heavy (non-hydrogen) atoms. The van der Waals surface area contributed by atoms with E-state index in [1.54, 1.807) is 0 Å². The Morgan fingerprint density at radius 3 is 0.933 bits per heavy atom. The van der Waals surface area contributed by atoms with E-state index >= 15 is 0 Å². The first kappa shape index (κ1) is 22.1. The Bertz CT molecular complexity index is 805. The molecule has 0 nitrogen and oxygen atoms in total. The van der Waals surface area contributed by atoms with E-state index in [-0.39, 0.29) is 0 Å². The van der Waals surface area contributed by atoms with Crippen molar-refractivity contribution in [3.05, 3.63) is 121 Å². The number of benzene rings is 4. The molecule has 0 aliphatic rings. The van der Waals surface area contributed by atoms with Crippen LogP contribution in [0, 0.1) is 0 Å². The van der Waals surface area contributed by atoms with E-state index in [1.165, 1.54) is 34.1 Å². The van der Waals surface area contributed by atoms with Gasteiger partial charge in [0.1, 0.15) is 28.5 Å². The molecule has 0 bridgehead atoms. The fourth-order valence-corrected chi connectivity index (χ4v) is 7.97. The lowest BCUT2D eigenvalue weighted by Gasteiger charge is -2.27. The Labute approximate surface area is 183 Å². The molecular weight excluding hydrogens is 378 g/mol. The van der Waals surface area contributed by atoms with Crippen LogP contribution in [0.3, 0.4) is 0 Å². The van der Waals surface area contributed by atoms with Gasteiger partial charge in [-0.15, -0.1) is 0 Å². The molecule has 4 aromatic carbocycles. The van der Waals surface area contributed by atoms with Gasteiger partial charge < -0.3 is 0 Å². The van der Waals surface area contributed by atoms with E-state index in [0.717, 1.165) is 6.32 Å². The molecule has 0 amide bonds. The monoisotopic (exact) mass is 407 g/mol. The molecule has 0 aromatic heterocycles. The number of hydrogen-bond acceptors (Lipinski definition) is 0. The Morgan fingerprint density at radius 2 is 0.767 bits per heavy atom. The average Bonchev–Trinajstić information content (AvgIpc) is 2.83. The highest BCUT2D eigenvalue weighted by atomic mass is 31.2. The predicted molar refractivity (Wildman–Crippen MR) is 137 cm³/mol. The molecule has 0 N–H and O–H groups in total. The van der Waals surface area contributed by atoms with Crippen LogP contribution in [0.4, 0.5) is 0 Å². The Hall–Kier alpha value is -2.63. The smallest absolute Gasteiger partial charge is 0.0887 e. The van der Waals surface area contributed by atoms with Gasteiger partial charge in [-0.25, -0.2) is 0 Å². The summed E-state index contributed by atoms with van der Waals surface area (Å²) in [5.41, 5.74) is 0. The molecule has 0 saturated heterocycles. The van der Waals surface area contributed by atoms with E-state index in [1.807, 2.05) is 0 Å². The van der Waals surface area contributed by atoms with Gasteiger partial charge in [-0.2, -0.15) is 0 Å². The van der Waals surface area contributed by atoms with E-state index in [0.29, 0.717) is 0 Å². The molecule has 4 rings (SSSR count). The lowest BCUT2D eigenvalue weighted by atomic mass is 10.0. The molecule has 148 valence electrons. The maximum Gasteiger partial charge on any atom is 0.144 e. The summed E-state index contributed by atoms with van der Waals surface area (Å²) in [5, 5.41) is 5.55. The number of hydrogen-bond donors (Lipinski definition) is 0. The van der Waals surface area contributed by atoms with Crippen LogP contribution >= 0.6 is 7.26 Å². The summed E-state index contributed by atoms with van der Waals surface area (Å²) < 4.78 is 0. The van der Waals surface area contributed by atoms with Crippen molar-refractivity contribution in [3.63, 3.8) is 0 Å². The van der Waals surface area contributed by atoms with Gasteiger partial charge in [0, 0.05) is 0 Å². The van der Waals surface area contributed by atoms with Crippen LogP contribution in [0.1, 0.15) is 19.8 Å². The minimum Gasteiger partial charge on any atom is -0.0887 e. The fourth-order valence-electron chi connectivity index (χ4n) is 3.70. The summed E-state index contributed by atoms with van der Waals surface area (Å²) in [6.07, 6.45) is 3.23. The molecule has 0 saturated carbocycles. The van der Waals surface area contributed by atoms with Crippen molar-refractivity contribution in [1.82, 2.24) is 0 Å². The van der Waals surface area contributed by atoms with Crippen molar-refractivity contribution < 1.29 is 0 Å². The first-order chi connectivity index (χ1) is 14.8. The van der Waals surface area contributed by atoms with Crippen LogP contribution in [0.15, 0.2) is 121 Å². The highest BCUT2D eigenvalue weighted by Gasteiger charge is 2.47. The summed E-state index contributed by atoms with van der Waals surface area (Å²) >= 11 is 0. The van der Waals surface area contributed by atoms with Crippen molar-refractivity contribution in [2.75, 3.05) is 0 Å². The van der Waals surface area contributed by atoms with Crippen molar-refractivity contribution in [2.24, 2.45) is 0 Å². The summed E-state index contributed by atoms with van der Waals surface area (Å²) in [4.78, 5) is 0. The maximum atomic E-state index is 5.14. The van der Waals surface area contributed by atoms with E-state index in [2.05, 4.69) is 128 Å². The second-order valence-corrected chi connectivity index (χ2v) is 10.6. The van der Waals surface area contributed by atoms with Gasteiger partial charge in [-0.3, -0.25) is 0 Å². The van der Waals surface area contributed by atoms with Crippen molar-refractivity contribution in [1.29, 1.82) is 0 Å². The Morgan fingerprint density at radius 1 is 0.500 bits per heavy atom. The van der Waals surface area contributed by atoms with Gasteiger partial charge in [-0.1, -0.05) is 98.9 Å². The second kappa shape index (κ2) is 11.5. The highest BCUT2D eigenvalue weighted by Crippen LogP contribution is 2.53. The first-order valence-electron chi connectivity index (χ1n) is 10.7. The molecule has 2 radical (unpaired) electrons. The average molecular weight is 407 g/mol. The molecule has 0 atom stereocenters. The topological polar surface area (TPSA) is 0 Å². The molecule has 0 spiro atoms. The Balaban J connectivity index is 0.000000461. The molecule has 4 aromatic rings. The second-order valence-electron chi connectivity index (χ2n) is 7.16. The zero-order valence-electron chi connectivity index (χ0n) is 17.7. The molecular formula is C28H29BP+. The SMILES string of the molecule is [B]CCCC.c1ccc([P+](c2ccccc2)(c2ccccc2)c2ccccc2)cc1. The Kier molecular flexibility index (Phi) is 8.48. The summed E-state index contributed by atoms with van der Waals surface area (Å²) in [6.45, 7) is 2.13. The minimum atomic E-state index is -1.91. The fraction of sp³-hybridized carbons (Fsp3) is 0.143. The van der Waals surface area contributed by atoms with E-state index < -0.39 is 7.26 Å². The van der Waals surface area contributed by atoms with Gasteiger partial charge in [-0.05, 0) is 48.5 Å². The standard InChI is InChI=1S/C24H20P.C4H9B/c1-5-13-21(14-6-1)25(22-15-7-2-8-16-22,23-17-9-3-10-18-23)24-19-11-4-12-20-24;1-2-3-4-5/h1-20H;2-4H2,1H3/q+1;. The number of unbranched alkanes of at least 4 members (excludes halogenated alkanes) is 1. The van der Waals surface area contributed by atoms with Crippen LogP contribution in [0.2, 0.25) is 6.32 Å². The van der Waals surface area contributed by atoms with Crippen LogP contribution < -0.4 is 21.2 Å². The summed E-state index contributed by atoms with van der Waals surface area (Å²) in [7, 11) is 3.23. The van der Waals surface area contributed by atoms with E-state index in [9.17, 15) is 0 Å². The largest absolute Gasteiger partial charge is 0.144 e. The van der Waals surface area contributed by atoms with Gasteiger partial charge >= 0.3 is 0 Å². The molecule has 0 aliphatic carbocycles. The van der Waals surface area contributed by atoms with Gasteiger partial charge in [0.05, 0.1) is 7.85 Å². The highest BCUT2D eigenvalue weighted by molar-refractivity contribution is 8.01.